The predicted molar refractivity (Wildman–Crippen MR) is 67.4 cm³/mol. The lowest BCUT2D eigenvalue weighted by Crippen LogP contribution is -2.40. The fourth-order valence-corrected chi connectivity index (χ4v) is 1.76. The minimum absolute atomic E-state index is 0.271. The van der Waals surface area contributed by atoms with Crippen LogP contribution in [0.25, 0.3) is 0 Å². The van der Waals surface area contributed by atoms with Crippen LogP contribution in [0.15, 0.2) is 17.3 Å². The molecule has 0 aliphatic heterocycles. The lowest BCUT2D eigenvalue weighted by Gasteiger charge is -2.30. The first-order valence-corrected chi connectivity index (χ1v) is 5.87. The molecule has 3 N–H and O–H groups in total. The molecule has 1 rings (SSSR count). The highest BCUT2D eigenvalue weighted by Gasteiger charge is 2.34. The number of rotatable bonds is 4. The quantitative estimate of drug-likeness (QED) is 0.295. The average Bonchev–Trinajstić information content (AvgIpc) is 2.34. The van der Waals surface area contributed by atoms with Crippen molar-refractivity contribution >= 4 is 11.5 Å². The number of hydrogen-bond acceptors (Lipinski definition) is 3. The van der Waals surface area contributed by atoms with Gasteiger partial charge in [-0.1, -0.05) is 5.16 Å². The van der Waals surface area contributed by atoms with Crippen LogP contribution in [0, 0.1) is 11.6 Å². The molecule has 0 saturated carbocycles. The molecule has 0 aromatic heterocycles. The molecule has 0 saturated heterocycles. The summed E-state index contributed by atoms with van der Waals surface area (Å²) < 4.78 is 65.5. The van der Waals surface area contributed by atoms with Crippen LogP contribution in [0.4, 0.5) is 27.6 Å². The van der Waals surface area contributed by atoms with Gasteiger partial charge in [-0.05, 0) is 26.0 Å². The van der Waals surface area contributed by atoms with Crippen LogP contribution < -0.4 is 10.6 Å². The molecule has 0 unspecified atom stereocenters. The van der Waals surface area contributed by atoms with Crippen LogP contribution in [-0.2, 0) is 0 Å². The van der Waals surface area contributed by atoms with E-state index in [-0.39, 0.29) is 5.56 Å². The Morgan fingerprint density at radius 1 is 1.29 bits per heavy atom. The Balaban J connectivity index is 3.33. The number of nitrogens with zero attached hydrogens (tertiary/aromatic N) is 2. The minimum atomic E-state index is -4.62. The Bertz CT molecular complexity index is 519. The number of nitrogens with two attached hydrogens (primary N) is 1. The summed E-state index contributed by atoms with van der Waals surface area (Å²) in [6, 6.07) is 0.628. The van der Waals surface area contributed by atoms with E-state index in [2.05, 4.69) is 5.16 Å². The van der Waals surface area contributed by atoms with Gasteiger partial charge in [0.05, 0.1) is 0 Å². The van der Waals surface area contributed by atoms with Crippen LogP contribution in [0.1, 0.15) is 19.4 Å². The molecule has 1 aromatic rings. The molecule has 0 radical (unpaired) electrons. The summed E-state index contributed by atoms with van der Waals surface area (Å²) >= 11 is 0. The largest absolute Gasteiger partial charge is 0.409 e. The SMILES string of the molecule is CC(C)N(CC(F)(F)F)c1c(F)cc(C(N)=NO)cc1F. The number of alkyl halides is 3. The van der Waals surface area contributed by atoms with Crippen LogP contribution in [0.5, 0.6) is 0 Å². The highest BCUT2D eigenvalue weighted by molar-refractivity contribution is 5.97. The Hall–Kier alpha value is -2.06. The molecule has 0 bridgehead atoms. The van der Waals surface area contributed by atoms with Gasteiger partial charge in [-0.25, -0.2) is 8.78 Å². The highest BCUT2D eigenvalue weighted by atomic mass is 19.4. The predicted octanol–water partition coefficient (Wildman–Crippen LogP) is 2.84. The van der Waals surface area contributed by atoms with E-state index in [9.17, 15) is 22.0 Å². The van der Waals surface area contributed by atoms with E-state index in [0.29, 0.717) is 17.0 Å². The van der Waals surface area contributed by atoms with Crippen molar-refractivity contribution in [2.75, 3.05) is 11.4 Å². The molecule has 4 nitrogen and oxygen atoms in total. The van der Waals surface area contributed by atoms with Crippen molar-refractivity contribution < 1.29 is 27.2 Å². The van der Waals surface area contributed by atoms with E-state index in [1.54, 1.807) is 0 Å². The fraction of sp³-hybridized carbons (Fsp3) is 0.417. The third-order valence-electron chi connectivity index (χ3n) is 2.68. The smallest absolute Gasteiger partial charge is 0.405 e. The van der Waals surface area contributed by atoms with Crippen LogP contribution >= 0.6 is 0 Å². The van der Waals surface area contributed by atoms with Gasteiger partial charge in [-0.3, -0.25) is 0 Å². The summed E-state index contributed by atoms with van der Waals surface area (Å²) in [6.07, 6.45) is -4.62. The first kappa shape index (κ1) is 17.0. The molecular formula is C12H14F5N3O. The van der Waals surface area contributed by atoms with Crippen molar-refractivity contribution in [3.63, 3.8) is 0 Å². The van der Waals surface area contributed by atoms with E-state index in [1.165, 1.54) is 13.8 Å². The summed E-state index contributed by atoms with van der Waals surface area (Å²) in [7, 11) is 0. The Morgan fingerprint density at radius 3 is 2.10 bits per heavy atom. The molecule has 0 spiro atoms. The van der Waals surface area contributed by atoms with Gasteiger partial charge in [0.25, 0.3) is 0 Å². The molecule has 0 fully saturated rings. The summed E-state index contributed by atoms with van der Waals surface area (Å²) in [5.74, 6) is -3.00. The molecule has 0 heterocycles. The molecule has 9 heteroatoms. The Morgan fingerprint density at radius 2 is 1.76 bits per heavy atom. The Labute approximate surface area is 117 Å². The highest BCUT2D eigenvalue weighted by Crippen LogP contribution is 2.30. The topological polar surface area (TPSA) is 61.8 Å². The van der Waals surface area contributed by atoms with Gasteiger partial charge in [-0.15, -0.1) is 0 Å². The number of amidine groups is 1. The Kier molecular flexibility index (Phi) is 4.97. The standard InChI is InChI=1S/C12H14F5N3O/c1-6(2)20(5-12(15,16)17)10-8(13)3-7(4-9(10)14)11(18)19-21/h3-4,6,21H,5H2,1-2H3,(H2,18,19). The van der Waals surface area contributed by atoms with Crippen LogP contribution in [0.3, 0.4) is 0 Å². The lowest BCUT2D eigenvalue weighted by molar-refractivity contribution is -0.120. The monoisotopic (exact) mass is 311 g/mol. The number of hydrogen-bond donors (Lipinski definition) is 2. The van der Waals surface area contributed by atoms with Crippen molar-refractivity contribution in [1.82, 2.24) is 0 Å². The molecule has 118 valence electrons. The minimum Gasteiger partial charge on any atom is -0.409 e. The van der Waals surface area contributed by atoms with Gasteiger partial charge in [0.1, 0.15) is 23.9 Å². The van der Waals surface area contributed by atoms with Crippen molar-refractivity contribution in [1.29, 1.82) is 0 Å². The third kappa shape index (κ3) is 4.20. The fourth-order valence-electron chi connectivity index (χ4n) is 1.76. The maximum atomic E-state index is 14.0. The summed E-state index contributed by atoms with van der Waals surface area (Å²) in [5.41, 5.74) is 4.11. The van der Waals surface area contributed by atoms with Gasteiger partial charge in [-0.2, -0.15) is 13.2 Å². The molecule has 0 atom stereocenters. The zero-order valence-electron chi connectivity index (χ0n) is 11.2. The van der Waals surface area contributed by atoms with Crippen molar-refractivity contribution in [2.45, 2.75) is 26.1 Å². The first-order valence-electron chi connectivity index (χ1n) is 5.87. The average molecular weight is 311 g/mol. The van der Waals surface area contributed by atoms with Crippen molar-refractivity contribution in [3.05, 3.63) is 29.3 Å². The second-order valence-corrected chi connectivity index (χ2v) is 4.61. The lowest BCUT2D eigenvalue weighted by atomic mass is 10.1. The zero-order valence-corrected chi connectivity index (χ0v) is 11.2. The van der Waals surface area contributed by atoms with Gasteiger partial charge < -0.3 is 15.8 Å². The summed E-state index contributed by atoms with van der Waals surface area (Å²) in [4.78, 5) is 0.556. The first-order chi connectivity index (χ1) is 9.56. The number of benzene rings is 1. The van der Waals surface area contributed by atoms with Crippen LogP contribution in [0.2, 0.25) is 0 Å². The second-order valence-electron chi connectivity index (χ2n) is 4.61. The molecule has 0 aliphatic carbocycles. The number of halogens is 5. The maximum absolute atomic E-state index is 14.0. The summed E-state index contributed by atoms with van der Waals surface area (Å²) in [5, 5.41) is 11.0. The van der Waals surface area contributed by atoms with Gasteiger partial charge in [0, 0.05) is 11.6 Å². The zero-order chi connectivity index (χ0) is 16.4. The number of anilines is 1. The molecule has 0 amide bonds. The van der Waals surface area contributed by atoms with E-state index >= 15 is 0 Å². The van der Waals surface area contributed by atoms with Gasteiger partial charge in [0.2, 0.25) is 0 Å². The van der Waals surface area contributed by atoms with Crippen molar-refractivity contribution in [2.24, 2.45) is 10.9 Å². The van der Waals surface area contributed by atoms with Crippen molar-refractivity contribution in [3.8, 4) is 0 Å². The third-order valence-corrected chi connectivity index (χ3v) is 2.68. The normalized spacial score (nSPS) is 12.9. The second kappa shape index (κ2) is 6.15. The van der Waals surface area contributed by atoms with E-state index in [4.69, 9.17) is 10.9 Å². The number of oxime groups is 1. The van der Waals surface area contributed by atoms with E-state index in [0.717, 1.165) is 0 Å². The molecular weight excluding hydrogens is 297 g/mol. The molecule has 0 aliphatic rings. The van der Waals surface area contributed by atoms with Gasteiger partial charge in [0.15, 0.2) is 5.84 Å². The van der Waals surface area contributed by atoms with E-state index < -0.39 is 41.9 Å². The van der Waals surface area contributed by atoms with Crippen LogP contribution in [-0.4, -0.2) is 29.8 Å². The molecule has 21 heavy (non-hydrogen) atoms. The maximum Gasteiger partial charge on any atom is 0.405 e. The summed E-state index contributed by atoms with van der Waals surface area (Å²) in [6.45, 7) is 1.26. The van der Waals surface area contributed by atoms with Gasteiger partial charge >= 0.3 is 6.18 Å². The van der Waals surface area contributed by atoms with E-state index in [1.807, 2.05) is 0 Å². The molecule has 1 aromatic carbocycles.